The van der Waals surface area contributed by atoms with Gasteiger partial charge in [0.1, 0.15) is 21.8 Å². The van der Waals surface area contributed by atoms with Crippen molar-refractivity contribution in [3.8, 4) is 0 Å². The average molecular weight is 782 g/mol. The molecule has 1 aliphatic carbocycles. The van der Waals surface area contributed by atoms with E-state index in [-0.39, 0.29) is 28.8 Å². The maximum atomic E-state index is 14.8. The maximum absolute atomic E-state index is 14.8. The Hall–Kier alpha value is -5.23. The molecule has 0 radical (unpaired) electrons. The Morgan fingerprint density at radius 1 is 0.963 bits per heavy atom. The van der Waals surface area contributed by atoms with Crippen molar-refractivity contribution in [2.45, 2.75) is 43.3 Å². The first-order valence-corrected chi connectivity index (χ1v) is 19.5. The molecule has 0 aliphatic heterocycles. The van der Waals surface area contributed by atoms with Crippen LogP contribution in [0.3, 0.4) is 0 Å². The van der Waals surface area contributed by atoms with E-state index >= 15 is 0 Å². The fourth-order valence-corrected chi connectivity index (χ4v) is 8.76. The van der Waals surface area contributed by atoms with Crippen LogP contribution in [0.1, 0.15) is 67.8 Å². The Labute approximate surface area is 326 Å². The third-order valence-corrected chi connectivity index (χ3v) is 11.5. The second-order valence-corrected chi connectivity index (χ2v) is 15.4. The van der Waals surface area contributed by atoms with Gasteiger partial charge in [-0.1, -0.05) is 79.2 Å². The lowest BCUT2D eigenvalue weighted by atomic mass is 9.88. The van der Waals surface area contributed by atoms with Crippen LogP contribution in [0.5, 0.6) is 0 Å². The summed E-state index contributed by atoms with van der Waals surface area (Å²) >= 11 is 8.97. The number of thioether (sulfide) groups is 1. The van der Waals surface area contributed by atoms with E-state index in [1.807, 2.05) is 36.4 Å². The lowest BCUT2D eigenvalue weighted by molar-refractivity contribution is -0.116. The van der Waals surface area contributed by atoms with Crippen LogP contribution in [-0.4, -0.2) is 30.3 Å². The van der Waals surface area contributed by atoms with Crippen molar-refractivity contribution in [1.82, 2.24) is 5.32 Å². The predicted octanol–water partition coefficient (Wildman–Crippen LogP) is 9.72. The molecule has 0 saturated heterocycles. The second-order valence-electron chi connectivity index (χ2n) is 12.7. The molecule has 4 aromatic carbocycles. The molecule has 0 bridgehead atoms. The molecule has 3 amide bonds. The van der Waals surface area contributed by atoms with E-state index in [4.69, 9.17) is 16.3 Å². The number of fused-ring (bicyclic) bond motifs is 1. The normalized spacial score (nSPS) is 14.4. The zero-order valence-electron chi connectivity index (χ0n) is 29.5. The minimum absolute atomic E-state index is 0.0598. The highest BCUT2D eigenvalue weighted by Gasteiger charge is 2.31. The number of esters is 1. The minimum atomic E-state index is -0.742. The van der Waals surface area contributed by atoms with Crippen molar-refractivity contribution < 1.29 is 28.3 Å². The van der Waals surface area contributed by atoms with E-state index in [2.05, 4.69) is 22.9 Å². The van der Waals surface area contributed by atoms with Crippen molar-refractivity contribution in [2.75, 3.05) is 17.2 Å². The van der Waals surface area contributed by atoms with Crippen LogP contribution >= 0.6 is 34.7 Å². The predicted molar refractivity (Wildman–Crippen MR) is 214 cm³/mol. The number of carbonyl (C=O) groups is 4. The summed E-state index contributed by atoms with van der Waals surface area (Å²) in [7, 11) is 0. The molecular formula is C42H37ClFN3O5S2. The van der Waals surface area contributed by atoms with Crippen LogP contribution in [0.2, 0.25) is 5.02 Å². The molecule has 6 rings (SSSR count). The van der Waals surface area contributed by atoms with Crippen LogP contribution in [0, 0.1) is 11.7 Å². The summed E-state index contributed by atoms with van der Waals surface area (Å²) in [6, 6.07) is 28.6. The van der Waals surface area contributed by atoms with Crippen molar-refractivity contribution in [2.24, 2.45) is 5.92 Å². The van der Waals surface area contributed by atoms with Gasteiger partial charge < -0.3 is 20.7 Å². The Morgan fingerprint density at radius 2 is 1.69 bits per heavy atom. The number of anilines is 2. The summed E-state index contributed by atoms with van der Waals surface area (Å²) in [5.74, 6) is -2.26. The molecule has 1 aromatic heterocycles. The molecule has 1 aliphatic rings. The van der Waals surface area contributed by atoms with Gasteiger partial charge in [-0.05, 0) is 91.8 Å². The van der Waals surface area contributed by atoms with Crippen molar-refractivity contribution in [1.29, 1.82) is 0 Å². The van der Waals surface area contributed by atoms with Crippen LogP contribution < -0.4 is 16.0 Å². The number of halogens is 2. The molecule has 12 heteroatoms. The second kappa shape index (κ2) is 17.7. The molecule has 1 heterocycles. The number of benzene rings is 4. The first-order valence-electron chi connectivity index (χ1n) is 17.4. The first-order chi connectivity index (χ1) is 26.1. The van der Waals surface area contributed by atoms with E-state index in [9.17, 15) is 23.6 Å². The third-order valence-electron chi connectivity index (χ3n) is 8.73. The molecule has 2 atom stereocenters. The third kappa shape index (κ3) is 9.28. The monoisotopic (exact) mass is 781 g/mol. The van der Waals surface area contributed by atoms with Crippen LogP contribution in [0.25, 0.3) is 6.08 Å². The zero-order valence-corrected chi connectivity index (χ0v) is 31.9. The van der Waals surface area contributed by atoms with Gasteiger partial charge in [0, 0.05) is 26.6 Å². The Balaban J connectivity index is 1.27. The van der Waals surface area contributed by atoms with E-state index in [0.29, 0.717) is 32.6 Å². The Morgan fingerprint density at radius 3 is 2.41 bits per heavy atom. The highest BCUT2D eigenvalue weighted by atomic mass is 35.5. The molecule has 3 N–H and O–H groups in total. The number of hydrogen-bond acceptors (Lipinski definition) is 7. The average Bonchev–Trinajstić information content (AvgIpc) is 3.52. The smallest absolute Gasteiger partial charge is 0.341 e. The first kappa shape index (κ1) is 38.5. The van der Waals surface area contributed by atoms with Gasteiger partial charge in [-0.2, -0.15) is 0 Å². The van der Waals surface area contributed by atoms with Crippen LogP contribution in [0.15, 0.2) is 114 Å². The van der Waals surface area contributed by atoms with Gasteiger partial charge in [-0.25, -0.2) is 9.18 Å². The summed E-state index contributed by atoms with van der Waals surface area (Å²) in [4.78, 5) is 56.0. The molecular weight excluding hydrogens is 745 g/mol. The largest absolute Gasteiger partial charge is 0.462 e. The highest BCUT2D eigenvalue weighted by molar-refractivity contribution is 8.00. The Bertz CT molecular complexity index is 2190. The molecule has 0 fully saturated rings. The van der Waals surface area contributed by atoms with E-state index in [0.717, 1.165) is 35.3 Å². The summed E-state index contributed by atoms with van der Waals surface area (Å²) in [6.07, 6.45) is 3.71. The van der Waals surface area contributed by atoms with Crippen LogP contribution in [0.4, 0.5) is 15.1 Å². The summed E-state index contributed by atoms with van der Waals surface area (Å²) < 4.78 is 20.2. The maximum Gasteiger partial charge on any atom is 0.341 e. The number of carbonyl (C=O) groups excluding carboxylic acids is 4. The molecule has 0 spiro atoms. The fourth-order valence-electron chi connectivity index (χ4n) is 6.05. The summed E-state index contributed by atoms with van der Waals surface area (Å²) in [5, 5.41) is 8.25. The fraction of sp³-hybridized carbons (Fsp3) is 0.190. The Kier molecular flexibility index (Phi) is 12.6. The van der Waals surface area contributed by atoms with E-state index < -0.39 is 28.9 Å². The number of amides is 3. The molecule has 8 nitrogen and oxygen atoms in total. The number of nitrogens with one attached hydrogen (secondary N) is 3. The van der Waals surface area contributed by atoms with Gasteiger partial charge in [0.05, 0.1) is 17.2 Å². The standard InChI is InChI=1S/C42H37ClFN3O5S2/c1-3-52-42(51)36-30-21-20-25(2)22-35(30)54-41(36)47-40(50)37(26-12-6-4-7-13-26)53-29-17-10-16-28(23-29)45-39(49)34(24-31-32(43)18-11-19-33(31)44)46-38(48)27-14-8-5-9-15-27/h4-19,23-25,37H,3,20-22H2,1-2H3,(H,45,49)(H,46,48)(H,47,50)/b34-24+. The molecule has 276 valence electrons. The number of rotatable bonds is 12. The van der Waals surface area contributed by atoms with Gasteiger partial charge in [-0.15, -0.1) is 23.1 Å². The zero-order chi connectivity index (χ0) is 38.2. The highest BCUT2D eigenvalue weighted by Crippen LogP contribution is 2.42. The van der Waals surface area contributed by atoms with E-state index in [1.54, 1.807) is 55.5 Å². The quantitative estimate of drug-likeness (QED) is 0.0660. The molecule has 2 unspecified atom stereocenters. The summed E-state index contributed by atoms with van der Waals surface area (Å²) in [5.41, 5.74) is 2.47. The van der Waals surface area contributed by atoms with Crippen LogP contribution in [-0.2, 0) is 27.2 Å². The topological polar surface area (TPSA) is 114 Å². The SMILES string of the molecule is CCOC(=O)c1c(NC(=O)C(Sc2cccc(NC(=O)/C(=C\c3c(F)cccc3Cl)NC(=O)c3ccccc3)c2)c2ccccc2)sc2c1CCC(C)C2. The van der Waals surface area contributed by atoms with Gasteiger partial charge in [0.2, 0.25) is 5.91 Å². The minimum Gasteiger partial charge on any atom is -0.462 e. The lowest BCUT2D eigenvalue weighted by Gasteiger charge is -2.19. The summed E-state index contributed by atoms with van der Waals surface area (Å²) in [6.45, 7) is 4.16. The van der Waals surface area contributed by atoms with Crippen molar-refractivity contribution in [3.05, 3.63) is 152 Å². The van der Waals surface area contributed by atoms with Gasteiger partial charge in [0.25, 0.3) is 11.8 Å². The molecule has 0 saturated carbocycles. The molecule has 5 aromatic rings. The lowest BCUT2D eigenvalue weighted by Crippen LogP contribution is -2.30. The number of ether oxygens (including phenoxy) is 1. The van der Waals surface area contributed by atoms with Gasteiger partial charge >= 0.3 is 5.97 Å². The van der Waals surface area contributed by atoms with Gasteiger partial charge in [-0.3, -0.25) is 14.4 Å². The van der Waals surface area contributed by atoms with Crippen molar-refractivity contribution >= 4 is 75.2 Å². The van der Waals surface area contributed by atoms with Crippen molar-refractivity contribution in [3.63, 3.8) is 0 Å². The molecule has 54 heavy (non-hydrogen) atoms. The van der Waals surface area contributed by atoms with E-state index in [1.165, 1.54) is 47.4 Å². The number of thiophene rings is 1. The number of hydrogen-bond donors (Lipinski definition) is 3. The van der Waals surface area contributed by atoms with Gasteiger partial charge in [0.15, 0.2) is 0 Å².